The fraction of sp³-hybridized carbons (Fsp3) is 0.278. The maximum Gasteiger partial charge on any atom is 0.244 e. The Morgan fingerprint density at radius 2 is 1.80 bits per heavy atom. The predicted octanol–water partition coefficient (Wildman–Crippen LogP) is 3.38. The third kappa shape index (κ3) is 4.87. The maximum absolute atomic E-state index is 12.6. The Morgan fingerprint density at radius 3 is 2.36 bits per heavy atom. The number of nitrogens with two attached hydrogens (primary N) is 1. The van der Waals surface area contributed by atoms with Gasteiger partial charge in [-0.3, -0.25) is 4.79 Å². The van der Waals surface area contributed by atoms with Crippen molar-refractivity contribution in [2.24, 2.45) is 5.73 Å². The molecule has 0 saturated carbocycles. The molecule has 0 saturated heterocycles. The smallest absolute Gasteiger partial charge is 0.244 e. The van der Waals surface area contributed by atoms with Crippen LogP contribution in [-0.2, 0) is 16.9 Å². The number of carbonyl (C=O) groups excluding carboxylic acids is 1. The quantitative estimate of drug-likeness (QED) is 0.738. The summed E-state index contributed by atoms with van der Waals surface area (Å²) in [6.07, 6.45) is 0. The molecule has 1 atom stereocenters. The van der Waals surface area contributed by atoms with Crippen LogP contribution in [0.2, 0.25) is 0 Å². The summed E-state index contributed by atoms with van der Waals surface area (Å²) in [6.45, 7) is 1.98. The Kier molecular flexibility index (Phi) is 7.73. The zero-order chi connectivity index (χ0) is 17.7. The van der Waals surface area contributed by atoms with E-state index in [1.807, 2.05) is 36.4 Å². The molecule has 2 aromatic rings. The number of methoxy groups -OCH3 is 2. The molecule has 0 bridgehead atoms. The van der Waals surface area contributed by atoms with Crippen LogP contribution < -0.4 is 20.5 Å². The minimum atomic E-state index is -1.13. The summed E-state index contributed by atoms with van der Waals surface area (Å²) in [7, 11) is 3.14. The number of para-hydroxylation sites is 1. The molecule has 2 aromatic carbocycles. The normalized spacial score (nSPS) is 12.5. The summed E-state index contributed by atoms with van der Waals surface area (Å²) in [4.78, 5) is 12.6. The van der Waals surface area contributed by atoms with Crippen LogP contribution in [0.3, 0.4) is 0 Å². The highest BCUT2D eigenvalue weighted by Crippen LogP contribution is 2.30. The molecule has 0 spiro atoms. The van der Waals surface area contributed by atoms with Crippen molar-refractivity contribution in [2.75, 3.05) is 14.2 Å². The number of rotatable bonds is 6. The summed E-state index contributed by atoms with van der Waals surface area (Å²) < 4.78 is 11.6. The molecule has 0 fully saturated rings. The van der Waals surface area contributed by atoms with Gasteiger partial charge in [0.25, 0.3) is 0 Å². The number of ether oxygens (including phenoxy) is 2. The highest BCUT2D eigenvalue weighted by atomic mass is 79.9. The second kappa shape index (κ2) is 9.08. The topological polar surface area (TPSA) is 73.6 Å². The molecular formula is C18H22BrClN2O3. The Morgan fingerprint density at radius 1 is 1.16 bits per heavy atom. The van der Waals surface area contributed by atoms with Gasteiger partial charge in [0.1, 0.15) is 5.54 Å². The number of halogens is 2. The number of hydrogen-bond acceptors (Lipinski definition) is 4. The summed E-state index contributed by atoms with van der Waals surface area (Å²) in [5.41, 5.74) is 6.66. The first-order valence-electron chi connectivity index (χ1n) is 7.43. The molecule has 2 rings (SSSR count). The lowest BCUT2D eigenvalue weighted by Crippen LogP contribution is -2.48. The van der Waals surface area contributed by atoms with Crippen LogP contribution in [0.15, 0.2) is 46.9 Å². The molecule has 0 aliphatic rings. The first-order valence-corrected chi connectivity index (χ1v) is 8.22. The lowest BCUT2D eigenvalue weighted by molar-refractivity contribution is -0.126. The largest absolute Gasteiger partial charge is 0.493 e. The first kappa shape index (κ1) is 21.3. The van der Waals surface area contributed by atoms with Crippen LogP contribution >= 0.6 is 28.3 Å². The van der Waals surface area contributed by atoms with E-state index in [0.717, 1.165) is 15.6 Å². The van der Waals surface area contributed by atoms with Gasteiger partial charge in [-0.25, -0.2) is 0 Å². The van der Waals surface area contributed by atoms with Crippen LogP contribution in [0.1, 0.15) is 18.1 Å². The van der Waals surface area contributed by atoms with E-state index in [2.05, 4.69) is 21.2 Å². The van der Waals surface area contributed by atoms with Gasteiger partial charge < -0.3 is 20.5 Å². The number of hydrogen-bond donors (Lipinski definition) is 2. The third-order valence-electron chi connectivity index (χ3n) is 3.84. The van der Waals surface area contributed by atoms with Crippen molar-refractivity contribution < 1.29 is 14.3 Å². The van der Waals surface area contributed by atoms with Gasteiger partial charge in [0.2, 0.25) is 5.91 Å². The predicted molar refractivity (Wildman–Crippen MR) is 104 cm³/mol. The summed E-state index contributed by atoms with van der Waals surface area (Å²) in [6, 6.07) is 12.9. The fourth-order valence-electron chi connectivity index (χ4n) is 2.38. The van der Waals surface area contributed by atoms with Gasteiger partial charge >= 0.3 is 0 Å². The van der Waals surface area contributed by atoms with Gasteiger partial charge in [0.15, 0.2) is 11.5 Å². The standard InChI is InChI=1S/C18H21BrN2O3.ClH/c1-18(20,13-7-9-14(19)10-8-13)17(22)21-11-12-5-4-6-15(23-2)16(12)24-3;/h4-10H,11,20H2,1-3H3,(H,21,22);1H. The van der Waals surface area contributed by atoms with Gasteiger partial charge in [0, 0.05) is 16.6 Å². The number of amides is 1. The van der Waals surface area contributed by atoms with Crippen molar-refractivity contribution in [2.45, 2.75) is 19.0 Å². The van der Waals surface area contributed by atoms with Crippen molar-refractivity contribution in [3.05, 3.63) is 58.1 Å². The van der Waals surface area contributed by atoms with Gasteiger partial charge in [-0.15, -0.1) is 12.4 Å². The highest BCUT2D eigenvalue weighted by molar-refractivity contribution is 9.10. The van der Waals surface area contributed by atoms with E-state index in [1.54, 1.807) is 27.2 Å². The van der Waals surface area contributed by atoms with Crippen LogP contribution in [0.4, 0.5) is 0 Å². The Hall–Kier alpha value is -1.76. The SMILES string of the molecule is COc1cccc(CNC(=O)C(C)(N)c2ccc(Br)cc2)c1OC.Cl. The van der Waals surface area contributed by atoms with Crippen LogP contribution in [0.25, 0.3) is 0 Å². The average Bonchev–Trinajstić information content (AvgIpc) is 2.59. The third-order valence-corrected chi connectivity index (χ3v) is 4.37. The molecule has 5 nitrogen and oxygen atoms in total. The van der Waals surface area contributed by atoms with Crippen LogP contribution in [0, 0.1) is 0 Å². The van der Waals surface area contributed by atoms with Gasteiger partial charge in [-0.05, 0) is 30.7 Å². The van der Waals surface area contributed by atoms with Crippen molar-refractivity contribution in [3.8, 4) is 11.5 Å². The van der Waals surface area contributed by atoms with E-state index in [4.69, 9.17) is 15.2 Å². The zero-order valence-electron chi connectivity index (χ0n) is 14.3. The minimum absolute atomic E-state index is 0. The number of nitrogens with one attached hydrogen (secondary N) is 1. The van der Waals surface area contributed by atoms with E-state index >= 15 is 0 Å². The molecule has 0 aliphatic heterocycles. The summed E-state index contributed by atoms with van der Waals surface area (Å²) in [5.74, 6) is 0.949. The van der Waals surface area contributed by atoms with E-state index in [9.17, 15) is 4.79 Å². The molecule has 25 heavy (non-hydrogen) atoms. The van der Waals surface area contributed by atoms with E-state index < -0.39 is 5.54 Å². The van der Waals surface area contributed by atoms with Crippen LogP contribution in [0.5, 0.6) is 11.5 Å². The zero-order valence-corrected chi connectivity index (χ0v) is 16.7. The molecule has 3 N–H and O–H groups in total. The van der Waals surface area contributed by atoms with Gasteiger partial charge in [-0.2, -0.15) is 0 Å². The summed E-state index contributed by atoms with van der Waals surface area (Å²) >= 11 is 3.37. The van der Waals surface area contributed by atoms with Gasteiger partial charge in [0.05, 0.1) is 14.2 Å². The lowest BCUT2D eigenvalue weighted by atomic mass is 9.92. The maximum atomic E-state index is 12.6. The second-order valence-corrected chi connectivity index (χ2v) is 6.46. The average molecular weight is 430 g/mol. The molecular weight excluding hydrogens is 408 g/mol. The summed E-state index contributed by atoms with van der Waals surface area (Å²) in [5, 5.41) is 2.87. The first-order chi connectivity index (χ1) is 11.4. The van der Waals surface area contributed by atoms with E-state index in [1.165, 1.54) is 0 Å². The molecule has 0 heterocycles. The van der Waals surface area contributed by atoms with Crippen molar-refractivity contribution in [1.29, 1.82) is 0 Å². The molecule has 7 heteroatoms. The molecule has 0 radical (unpaired) electrons. The highest BCUT2D eigenvalue weighted by Gasteiger charge is 2.30. The molecule has 1 amide bonds. The van der Waals surface area contributed by atoms with Crippen molar-refractivity contribution >= 4 is 34.2 Å². The fourth-order valence-corrected chi connectivity index (χ4v) is 2.64. The number of carbonyl (C=O) groups is 1. The number of benzene rings is 2. The van der Waals surface area contributed by atoms with E-state index in [0.29, 0.717) is 18.0 Å². The minimum Gasteiger partial charge on any atom is -0.493 e. The van der Waals surface area contributed by atoms with Crippen molar-refractivity contribution in [3.63, 3.8) is 0 Å². The van der Waals surface area contributed by atoms with Gasteiger partial charge in [-0.1, -0.05) is 40.2 Å². The lowest BCUT2D eigenvalue weighted by Gasteiger charge is -2.24. The van der Waals surface area contributed by atoms with Crippen LogP contribution in [-0.4, -0.2) is 20.1 Å². The Bertz CT molecular complexity index is 721. The second-order valence-electron chi connectivity index (χ2n) is 5.54. The monoisotopic (exact) mass is 428 g/mol. The molecule has 0 aromatic heterocycles. The Labute approximate surface area is 162 Å². The molecule has 136 valence electrons. The Balaban J connectivity index is 0.00000312. The molecule has 1 unspecified atom stereocenters. The van der Waals surface area contributed by atoms with E-state index in [-0.39, 0.29) is 18.3 Å². The molecule has 0 aliphatic carbocycles. The van der Waals surface area contributed by atoms with Crippen molar-refractivity contribution in [1.82, 2.24) is 5.32 Å².